The van der Waals surface area contributed by atoms with E-state index in [1.165, 1.54) is 15.5 Å². The fourth-order valence-electron chi connectivity index (χ4n) is 2.39. The van der Waals surface area contributed by atoms with Gasteiger partial charge in [-0.05, 0) is 41.7 Å². The second kappa shape index (κ2) is 6.15. The van der Waals surface area contributed by atoms with Crippen molar-refractivity contribution in [1.29, 1.82) is 0 Å². The molecule has 0 bridgehead atoms. The number of ether oxygens (including phenoxy) is 1. The summed E-state index contributed by atoms with van der Waals surface area (Å²) in [6.07, 6.45) is 0.816. The average molecular weight is 313 g/mol. The lowest BCUT2D eigenvalue weighted by Gasteiger charge is -2.07. The van der Waals surface area contributed by atoms with E-state index in [1.54, 1.807) is 19.2 Å². The van der Waals surface area contributed by atoms with E-state index in [0.717, 1.165) is 16.0 Å². The van der Waals surface area contributed by atoms with Gasteiger partial charge in [0, 0.05) is 6.42 Å². The average Bonchev–Trinajstić information content (AvgIpc) is 2.90. The lowest BCUT2D eigenvalue weighted by Crippen LogP contribution is -2.21. The zero-order chi connectivity index (χ0) is 15.5. The Balaban J connectivity index is 1.82. The van der Waals surface area contributed by atoms with Crippen LogP contribution in [-0.2, 0) is 6.42 Å². The maximum atomic E-state index is 12.3. The predicted molar refractivity (Wildman–Crippen MR) is 88.0 cm³/mol. The molecule has 5 heteroatoms. The summed E-state index contributed by atoms with van der Waals surface area (Å²) < 4.78 is 7.36. The van der Waals surface area contributed by atoms with Crippen LogP contribution in [-0.4, -0.2) is 17.0 Å². The molecule has 0 spiro atoms. The van der Waals surface area contributed by atoms with Crippen LogP contribution in [0, 0.1) is 0 Å². The molecule has 0 fully saturated rings. The first kappa shape index (κ1) is 14.5. The molecular weight excluding hydrogens is 298 g/mol. The van der Waals surface area contributed by atoms with Crippen LogP contribution in [0.5, 0.6) is 5.75 Å². The first-order valence-electron chi connectivity index (χ1n) is 6.97. The molecule has 0 saturated carbocycles. The number of benzene rings is 2. The van der Waals surface area contributed by atoms with Crippen LogP contribution in [0.15, 0.2) is 53.3 Å². The Labute approximate surface area is 131 Å². The summed E-state index contributed by atoms with van der Waals surface area (Å²) in [6.45, 7) is 0. The number of carbonyl (C=O) groups excluding carboxylic acids is 1. The van der Waals surface area contributed by atoms with Crippen LogP contribution in [0.2, 0.25) is 0 Å². The molecule has 0 radical (unpaired) electrons. The maximum Gasteiger partial charge on any atom is 0.275 e. The van der Waals surface area contributed by atoms with E-state index in [-0.39, 0.29) is 17.9 Å². The van der Waals surface area contributed by atoms with Crippen molar-refractivity contribution in [1.82, 2.24) is 3.96 Å². The van der Waals surface area contributed by atoms with E-state index in [4.69, 9.17) is 4.74 Å². The third kappa shape index (κ3) is 2.67. The Kier molecular flexibility index (Phi) is 4.06. The Bertz CT molecular complexity index is 879. The monoisotopic (exact) mass is 313 g/mol. The van der Waals surface area contributed by atoms with Crippen LogP contribution in [0.25, 0.3) is 10.1 Å². The molecule has 22 heavy (non-hydrogen) atoms. The van der Waals surface area contributed by atoms with E-state index < -0.39 is 0 Å². The minimum atomic E-state index is -0.231. The molecule has 0 unspecified atom stereocenters. The minimum Gasteiger partial charge on any atom is -0.496 e. The maximum absolute atomic E-state index is 12.3. The first-order valence-corrected chi connectivity index (χ1v) is 7.74. The van der Waals surface area contributed by atoms with Gasteiger partial charge in [0.05, 0.1) is 17.2 Å². The first-order chi connectivity index (χ1) is 10.7. The second-order valence-corrected chi connectivity index (χ2v) is 5.88. The molecule has 112 valence electrons. The number of aryl methyl sites for hydroxylation is 1. The Morgan fingerprint density at radius 3 is 2.64 bits per heavy atom. The summed E-state index contributed by atoms with van der Waals surface area (Å²) in [5, 5.41) is 0.596. The number of aromatic nitrogens is 1. The highest BCUT2D eigenvalue weighted by molar-refractivity contribution is 7.14. The summed E-state index contributed by atoms with van der Waals surface area (Å²) in [7, 11) is 1.61. The molecule has 0 atom stereocenters. The van der Waals surface area contributed by atoms with Gasteiger partial charge in [0.15, 0.2) is 0 Å². The van der Waals surface area contributed by atoms with Crippen LogP contribution < -0.4 is 10.3 Å². The van der Waals surface area contributed by atoms with Gasteiger partial charge < -0.3 is 4.74 Å². The van der Waals surface area contributed by atoms with Crippen LogP contribution in [0.3, 0.4) is 0 Å². The molecule has 1 heterocycles. The fourth-order valence-corrected chi connectivity index (χ4v) is 3.35. The number of hydrogen-bond donors (Lipinski definition) is 0. The standard InChI is InChI=1S/C17H15NO3S/c1-21-14-8-4-2-6-12(14)10-11-16(19)18-17(20)13-7-3-5-9-15(13)22-18/h2-9H,10-11H2,1H3. The zero-order valence-corrected chi connectivity index (χ0v) is 12.9. The Morgan fingerprint density at radius 1 is 1.14 bits per heavy atom. The van der Waals surface area contributed by atoms with Crippen molar-refractivity contribution in [3.8, 4) is 5.75 Å². The number of carbonyl (C=O) groups is 1. The molecular formula is C17H15NO3S. The van der Waals surface area contributed by atoms with E-state index >= 15 is 0 Å². The molecule has 0 aliphatic rings. The number of nitrogens with zero attached hydrogens (tertiary/aromatic N) is 1. The Hall–Kier alpha value is -2.40. The highest BCUT2D eigenvalue weighted by atomic mass is 32.1. The summed E-state index contributed by atoms with van der Waals surface area (Å²) in [5.41, 5.74) is 0.734. The molecule has 3 aromatic rings. The van der Waals surface area contributed by atoms with Gasteiger partial charge in [-0.15, -0.1) is 0 Å². The summed E-state index contributed by atoms with van der Waals surface area (Å²) in [5.74, 6) is 0.580. The topological polar surface area (TPSA) is 48.3 Å². The van der Waals surface area contributed by atoms with Crippen molar-refractivity contribution in [2.45, 2.75) is 12.8 Å². The van der Waals surface area contributed by atoms with Gasteiger partial charge in [-0.2, -0.15) is 3.96 Å². The molecule has 0 saturated heterocycles. The van der Waals surface area contributed by atoms with Crippen LogP contribution in [0.4, 0.5) is 0 Å². The van der Waals surface area contributed by atoms with Gasteiger partial charge in [0.2, 0.25) is 5.91 Å². The van der Waals surface area contributed by atoms with Gasteiger partial charge >= 0.3 is 0 Å². The highest BCUT2D eigenvalue weighted by Crippen LogP contribution is 2.20. The molecule has 3 rings (SSSR count). The summed E-state index contributed by atoms with van der Waals surface area (Å²) in [6, 6.07) is 14.9. The number of fused-ring (bicyclic) bond motifs is 1. The highest BCUT2D eigenvalue weighted by Gasteiger charge is 2.14. The second-order valence-electron chi connectivity index (χ2n) is 4.89. The molecule has 0 N–H and O–H groups in total. The van der Waals surface area contributed by atoms with Crippen LogP contribution >= 0.6 is 11.5 Å². The van der Waals surface area contributed by atoms with Gasteiger partial charge in [0.25, 0.3) is 5.56 Å². The lowest BCUT2D eigenvalue weighted by molar-refractivity contribution is 0.0912. The third-order valence-electron chi connectivity index (χ3n) is 3.52. The third-order valence-corrected chi connectivity index (χ3v) is 4.62. The minimum absolute atomic E-state index is 0.183. The molecule has 1 aromatic heterocycles. The molecule has 2 aromatic carbocycles. The lowest BCUT2D eigenvalue weighted by atomic mass is 10.1. The van der Waals surface area contributed by atoms with Gasteiger partial charge in [-0.3, -0.25) is 9.59 Å². The quantitative estimate of drug-likeness (QED) is 0.742. The van der Waals surface area contributed by atoms with E-state index in [2.05, 4.69) is 0 Å². The SMILES string of the molecule is COc1ccccc1CCC(=O)n1sc2ccccc2c1=O. The van der Waals surface area contributed by atoms with Gasteiger partial charge in [0.1, 0.15) is 5.75 Å². The van der Waals surface area contributed by atoms with E-state index in [0.29, 0.717) is 11.8 Å². The van der Waals surface area contributed by atoms with E-state index in [1.807, 2.05) is 36.4 Å². The molecule has 0 aliphatic heterocycles. The normalized spacial score (nSPS) is 10.8. The van der Waals surface area contributed by atoms with E-state index in [9.17, 15) is 9.59 Å². The van der Waals surface area contributed by atoms with Crippen LogP contribution in [0.1, 0.15) is 16.8 Å². The number of hydrogen-bond acceptors (Lipinski definition) is 4. The van der Waals surface area contributed by atoms with Crippen molar-refractivity contribution in [2.75, 3.05) is 7.11 Å². The zero-order valence-electron chi connectivity index (χ0n) is 12.1. The number of rotatable bonds is 4. The smallest absolute Gasteiger partial charge is 0.275 e. The van der Waals surface area contributed by atoms with Gasteiger partial charge in [-0.1, -0.05) is 30.3 Å². The number of methoxy groups -OCH3 is 1. The Morgan fingerprint density at radius 2 is 1.86 bits per heavy atom. The number of para-hydroxylation sites is 1. The summed E-state index contributed by atoms with van der Waals surface area (Å²) >= 11 is 1.20. The molecule has 0 amide bonds. The fraction of sp³-hybridized carbons (Fsp3) is 0.176. The molecule has 4 nitrogen and oxygen atoms in total. The summed E-state index contributed by atoms with van der Waals surface area (Å²) in [4.78, 5) is 24.6. The van der Waals surface area contributed by atoms with Crippen molar-refractivity contribution in [3.63, 3.8) is 0 Å². The van der Waals surface area contributed by atoms with Crippen molar-refractivity contribution >= 4 is 27.5 Å². The molecule has 0 aliphatic carbocycles. The van der Waals surface area contributed by atoms with Gasteiger partial charge in [-0.25, -0.2) is 0 Å². The largest absolute Gasteiger partial charge is 0.496 e. The predicted octanol–water partition coefficient (Wildman–Crippen LogP) is 3.34. The van der Waals surface area contributed by atoms with Crippen molar-refractivity contribution in [2.24, 2.45) is 0 Å². The van der Waals surface area contributed by atoms with Crippen molar-refractivity contribution < 1.29 is 9.53 Å². The van der Waals surface area contributed by atoms with Crippen molar-refractivity contribution in [3.05, 3.63) is 64.4 Å².